The maximum atomic E-state index is 12.0. The van der Waals surface area contributed by atoms with E-state index < -0.39 is 0 Å². The van der Waals surface area contributed by atoms with Crippen molar-refractivity contribution < 1.29 is 9.59 Å². The van der Waals surface area contributed by atoms with Crippen LogP contribution >= 0.6 is 11.6 Å². The summed E-state index contributed by atoms with van der Waals surface area (Å²) in [6.07, 6.45) is 5.50. The highest BCUT2D eigenvalue weighted by Gasteiger charge is 2.03. The molecular weight excluding hydrogens is 336 g/mol. The van der Waals surface area contributed by atoms with Crippen LogP contribution in [0.5, 0.6) is 0 Å². The molecule has 2 aromatic carbocycles. The predicted molar refractivity (Wildman–Crippen MR) is 104 cm³/mol. The molecule has 0 unspecified atom stereocenters. The number of amides is 2. The van der Waals surface area contributed by atoms with Crippen LogP contribution < -0.4 is 10.6 Å². The van der Waals surface area contributed by atoms with Gasteiger partial charge in [-0.1, -0.05) is 43.1 Å². The maximum Gasteiger partial charge on any atom is 0.248 e. The maximum absolute atomic E-state index is 12.0. The van der Waals surface area contributed by atoms with E-state index in [2.05, 4.69) is 10.6 Å². The smallest absolute Gasteiger partial charge is 0.248 e. The van der Waals surface area contributed by atoms with Crippen LogP contribution in [0.2, 0.25) is 5.02 Å². The molecule has 0 spiro atoms. The van der Waals surface area contributed by atoms with Gasteiger partial charge in [-0.2, -0.15) is 0 Å². The minimum atomic E-state index is -0.246. The predicted octanol–water partition coefficient (Wildman–Crippen LogP) is 5.12. The van der Waals surface area contributed by atoms with Crippen molar-refractivity contribution in [2.24, 2.45) is 0 Å². The first-order valence-corrected chi connectivity index (χ1v) is 8.59. The van der Waals surface area contributed by atoms with Crippen molar-refractivity contribution in [1.82, 2.24) is 0 Å². The van der Waals surface area contributed by atoms with E-state index in [1.165, 1.54) is 6.08 Å². The molecule has 0 saturated carbocycles. The van der Waals surface area contributed by atoms with E-state index in [1.807, 2.05) is 19.1 Å². The molecular formula is C20H21ClN2O2. The fourth-order valence-corrected chi connectivity index (χ4v) is 2.29. The van der Waals surface area contributed by atoms with Crippen molar-refractivity contribution in [3.63, 3.8) is 0 Å². The van der Waals surface area contributed by atoms with Crippen LogP contribution in [0.15, 0.2) is 54.6 Å². The molecule has 2 aromatic rings. The molecule has 0 fully saturated rings. The van der Waals surface area contributed by atoms with Gasteiger partial charge < -0.3 is 10.6 Å². The molecule has 25 heavy (non-hydrogen) atoms. The van der Waals surface area contributed by atoms with Gasteiger partial charge in [-0.15, -0.1) is 0 Å². The first-order chi connectivity index (χ1) is 12.1. The van der Waals surface area contributed by atoms with Gasteiger partial charge in [0.15, 0.2) is 0 Å². The van der Waals surface area contributed by atoms with Crippen LogP contribution in [0, 0.1) is 0 Å². The Morgan fingerprint density at radius 3 is 2.40 bits per heavy atom. The minimum absolute atomic E-state index is 0.0204. The monoisotopic (exact) mass is 356 g/mol. The highest BCUT2D eigenvalue weighted by molar-refractivity contribution is 6.30. The van der Waals surface area contributed by atoms with Crippen LogP contribution in [0.3, 0.4) is 0 Å². The highest BCUT2D eigenvalue weighted by atomic mass is 35.5. The molecule has 0 atom stereocenters. The normalized spacial score (nSPS) is 10.6. The van der Waals surface area contributed by atoms with E-state index in [4.69, 9.17) is 11.6 Å². The topological polar surface area (TPSA) is 58.2 Å². The molecule has 0 aromatic heterocycles. The summed E-state index contributed by atoms with van der Waals surface area (Å²) in [7, 11) is 0. The Hall–Kier alpha value is -2.59. The molecule has 0 aliphatic heterocycles. The molecule has 4 nitrogen and oxygen atoms in total. The average molecular weight is 357 g/mol. The molecule has 0 aliphatic carbocycles. The number of hydrogen-bond donors (Lipinski definition) is 2. The zero-order chi connectivity index (χ0) is 18.1. The second-order valence-corrected chi connectivity index (χ2v) is 6.04. The van der Waals surface area contributed by atoms with Crippen LogP contribution in [0.4, 0.5) is 11.4 Å². The number of unbranched alkanes of at least 4 members (excludes halogenated alkanes) is 1. The van der Waals surface area contributed by atoms with Gasteiger partial charge in [0.05, 0.1) is 0 Å². The molecule has 0 saturated heterocycles. The number of rotatable bonds is 7. The van der Waals surface area contributed by atoms with Gasteiger partial charge in [0, 0.05) is 28.9 Å². The van der Waals surface area contributed by atoms with E-state index in [0.717, 1.165) is 18.4 Å². The molecule has 0 aliphatic rings. The molecule has 0 radical (unpaired) electrons. The summed E-state index contributed by atoms with van der Waals surface area (Å²) in [6.45, 7) is 2.04. The zero-order valence-electron chi connectivity index (χ0n) is 14.1. The highest BCUT2D eigenvalue weighted by Crippen LogP contribution is 2.16. The first-order valence-electron chi connectivity index (χ1n) is 8.21. The Morgan fingerprint density at radius 2 is 1.72 bits per heavy atom. The fourth-order valence-electron chi connectivity index (χ4n) is 2.17. The van der Waals surface area contributed by atoms with Crippen LogP contribution in [0.25, 0.3) is 6.08 Å². The number of anilines is 2. The number of nitrogens with one attached hydrogen (secondary N) is 2. The van der Waals surface area contributed by atoms with E-state index in [-0.39, 0.29) is 11.8 Å². The standard InChI is InChI=1S/C20H21ClN2O2/c1-2-3-7-19(24)22-17-5-4-6-18(14-17)23-20(25)13-10-15-8-11-16(21)12-9-15/h4-6,8-14H,2-3,7H2,1H3,(H,22,24)(H,23,25). The zero-order valence-corrected chi connectivity index (χ0v) is 14.8. The molecule has 2 amide bonds. The lowest BCUT2D eigenvalue weighted by molar-refractivity contribution is -0.116. The summed E-state index contributed by atoms with van der Waals surface area (Å²) in [4.78, 5) is 23.8. The van der Waals surface area contributed by atoms with Gasteiger partial charge in [-0.25, -0.2) is 0 Å². The van der Waals surface area contributed by atoms with Crippen molar-refractivity contribution in [2.45, 2.75) is 26.2 Å². The van der Waals surface area contributed by atoms with Crippen LogP contribution in [0.1, 0.15) is 31.7 Å². The van der Waals surface area contributed by atoms with E-state index in [0.29, 0.717) is 22.8 Å². The van der Waals surface area contributed by atoms with Crippen molar-refractivity contribution in [3.8, 4) is 0 Å². The van der Waals surface area contributed by atoms with E-state index in [9.17, 15) is 9.59 Å². The number of hydrogen-bond acceptors (Lipinski definition) is 2. The molecule has 5 heteroatoms. The lowest BCUT2D eigenvalue weighted by Crippen LogP contribution is -2.12. The van der Waals surface area contributed by atoms with Crippen molar-refractivity contribution in [2.75, 3.05) is 10.6 Å². The van der Waals surface area contributed by atoms with Gasteiger partial charge in [0.2, 0.25) is 11.8 Å². The second-order valence-electron chi connectivity index (χ2n) is 5.61. The van der Waals surface area contributed by atoms with Crippen LogP contribution in [-0.4, -0.2) is 11.8 Å². The van der Waals surface area contributed by atoms with Gasteiger partial charge in [-0.3, -0.25) is 9.59 Å². The lowest BCUT2D eigenvalue weighted by atomic mass is 10.2. The summed E-state index contributed by atoms with van der Waals surface area (Å²) < 4.78 is 0. The van der Waals surface area contributed by atoms with Gasteiger partial charge in [0.25, 0.3) is 0 Å². The Balaban J connectivity index is 1.93. The third-order valence-electron chi connectivity index (χ3n) is 3.47. The summed E-state index contributed by atoms with van der Waals surface area (Å²) in [5.74, 6) is -0.266. The van der Waals surface area contributed by atoms with Crippen molar-refractivity contribution in [3.05, 3.63) is 65.2 Å². The number of carbonyl (C=O) groups excluding carboxylic acids is 2. The summed E-state index contributed by atoms with van der Waals surface area (Å²) in [5.41, 5.74) is 2.18. The largest absolute Gasteiger partial charge is 0.326 e. The van der Waals surface area contributed by atoms with E-state index in [1.54, 1.807) is 42.5 Å². The summed E-state index contributed by atoms with van der Waals surface area (Å²) in [6, 6.07) is 14.3. The summed E-state index contributed by atoms with van der Waals surface area (Å²) in [5, 5.41) is 6.26. The molecule has 2 N–H and O–H groups in total. The minimum Gasteiger partial charge on any atom is -0.326 e. The van der Waals surface area contributed by atoms with Gasteiger partial charge in [0.1, 0.15) is 0 Å². The van der Waals surface area contributed by atoms with Gasteiger partial charge >= 0.3 is 0 Å². The molecule has 130 valence electrons. The quantitative estimate of drug-likeness (QED) is 0.676. The van der Waals surface area contributed by atoms with Crippen LogP contribution in [-0.2, 0) is 9.59 Å². The molecule has 0 bridgehead atoms. The lowest BCUT2D eigenvalue weighted by Gasteiger charge is -2.07. The Bertz CT molecular complexity index is 755. The third-order valence-corrected chi connectivity index (χ3v) is 3.72. The SMILES string of the molecule is CCCCC(=O)Nc1cccc(NC(=O)C=Cc2ccc(Cl)cc2)c1. The Labute approximate surface area is 152 Å². The number of benzene rings is 2. The average Bonchev–Trinajstić information content (AvgIpc) is 2.60. The molecule has 2 rings (SSSR count). The first kappa shape index (κ1) is 18.7. The van der Waals surface area contributed by atoms with E-state index >= 15 is 0 Å². The Morgan fingerprint density at radius 1 is 1.04 bits per heavy atom. The van der Waals surface area contributed by atoms with Crippen molar-refractivity contribution >= 4 is 40.9 Å². The van der Waals surface area contributed by atoms with Crippen molar-refractivity contribution in [1.29, 1.82) is 0 Å². The number of halogens is 1. The summed E-state index contributed by atoms with van der Waals surface area (Å²) >= 11 is 5.83. The Kier molecular flexibility index (Phi) is 7.23. The number of carbonyl (C=O) groups is 2. The second kappa shape index (κ2) is 9.64. The van der Waals surface area contributed by atoms with Gasteiger partial charge in [-0.05, 0) is 48.4 Å². The molecule has 0 heterocycles. The third kappa shape index (κ3) is 6.81. The fraction of sp³-hybridized carbons (Fsp3) is 0.200.